The molecule has 116 valence electrons. The van der Waals surface area contributed by atoms with E-state index in [2.05, 4.69) is 5.32 Å². The van der Waals surface area contributed by atoms with Gasteiger partial charge in [0.15, 0.2) is 6.10 Å². The van der Waals surface area contributed by atoms with Crippen LogP contribution >= 0.6 is 11.6 Å². The van der Waals surface area contributed by atoms with Gasteiger partial charge in [-0.3, -0.25) is 4.79 Å². The zero-order chi connectivity index (χ0) is 16.3. The molecule has 0 spiro atoms. The molecule has 1 N–H and O–H groups in total. The van der Waals surface area contributed by atoms with Gasteiger partial charge in [-0.2, -0.15) is 0 Å². The molecule has 1 amide bonds. The molecule has 22 heavy (non-hydrogen) atoms. The second-order valence-corrected chi connectivity index (χ2v) is 5.25. The summed E-state index contributed by atoms with van der Waals surface area (Å²) in [5.41, 5.74) is 0.780. The largest absolute Gasteiger partial charge is 0.466 e. The Labute approximate surface area is 133 Å². The minimum absolute atomic E-state index is 0.315. The number of esters is 1. The predicted molar refractivity (Wildman–Crippen MR) is 83.1 cm³/mol. The van der Waals surface area contributed by atoms with E-state index in [4.69, 9.17) is 20.8 Å². The molecule has 1 unspecified atom stereocenters. The molecule has 1 heterocycles. The van der Waals surface area contributed by atoms with Crippen molar-refractivity contribution in [3.63, 3.8) is 0 Å². The van der Waals surface area contributed by atoms with E-state index in [1.54, 1.807) is 44.2 Å². The summed E-state index contributed by atoms with van der Waals surface area (Å²) < 4.78 is 10.4. The highest BCUT2D eigenvalue weighted by Crippen LogP contribution is 2.21. The smallest absolute Gasteiger partial charge is 0.342 e. The van der Waals surface area contributed by atoms with Gasteiger partial charge in [-0.25, -0.2) is 4.79 Å². The van der Waals surface area contributed by atoms with Crippen LogP contribution in [-0.2, 0) is 9.53 Å². The molecule has 2 rings (SSSR count). The van der Waals surface area contributed by atoms with Gasteiger partial charge in [0.1, 0.15) is 17.1 Å². The van der Waals surface area contributed by atoms with Crippen LogP contribution in [0.25, 0.3) is 0 Å². The summed E-state index contributed by atoms with van der Waals surface area (Å²) in [7, 11) is 0. The van der Waals surface area contributed by atoms with Gasteiger partial charge in [0, 0.05) is 0 Å². The Morgan fingerprint density at radius 1 is 1.27 bits per heavy atom. The molecule has 0 fully saturated rings. The van der Waals surface area contributed by atoms with E-state index in [0.29, 0.717) is 27.8 Å². The molecule has 1 atom stereocenters. The molecule has 2 aromatic rings. The first-order chi connectivity index (χ1) is 10.4. The third-order valence-corrected chi connectivity index (χ3v) is 3.38. The van der Waals surface area contributed by atoms with Gasteiger partial charge in [0.05, 0.1) is 10.7 Å². The average Bonchev–Trinajstić information content (AvgIpc) is 2.80. The lowest BCUT2D eigenvalue weighted by Crippen LogP contribution is -2.30. The number of anilines is 1. The van der Waals surface area contributed by atoms with E-state index in [1.807, 2.05) is 0 Å². The first-order valence-electron chi connectivity index (χ1n) is 6.72. The monoisotopic (exact) mass is 321 g/mol. The van der Waals surface area contributed by atoms with Crippen LogP contribution in [0.2, 0.25) is 5.02 Å². The molecule has 1 aromatic carbocycles. The molecule has 0 radical (unpaired) electrons. The number of benzene rings is 1. The van der Waals surface area contributed by atoms with Crippen LogP contribution in [0.5, 0.6) is 0 Å². The van der Waals surface area contributed by atoms with Gasteiger partial charge in [-0.1, -0.05) is 23.7 Å². The number of amides is 1. The lowest BCUT2D eigenvalue weighted by Gasteiger charge is -2.13. The third kappa shape index (κ3) is 3.68. The number of hydrogen-bond acceptors (Lipinski definition) is 4. The lowest BCUT2D eigenvalue weighted by atomic mass is 10.2. The molecular weight excluding hydrogens is 306 g/mol. The van der Waals surface area contributed by atoms with Crippen LogP contribution in [-0.4, -0.2) is 18.0 Å². The quantitative estimate of drug-likeness (QED) is 0.871. The number of halogens is 1. The Kier molecular flexibility index (Phi) is 4.88. The summed E-state index contributed by atoms with van der Waals surface area (Å²) >= 11 is 5.96. The number of aryl methyl sites for hydroxylation is 2. The first kappa shape index (κ1) is 16.1. The maximum absolute atomic E-state index is 12.1. The molecule has 0 bridgehead atoms. The van der Waals surface area contributed by atoms with Gasteiger partial charge in [-0.05, 0) is 39.0 Å². The molecule has 0 saturated carbocycles. The van der Waals surface area contributed by atoms with Crippen molar-refractivity contribution < 1.29 is 18.7 Å². The van der Waals surface area contributed by atoms with Crippen LogP contribution in [0.3, 0.4) is 0 Å². The summed E-state index contributed by atoms with van der Waals surface area (Å²) in [6.45, 7) is 4.89. The van der Waals surface area contributed by atoms with Gasteiger partial charge in [0.2, 0.25) is 0 Å². The molecule has 0 aliphatic rings. The van der Waals surface area contributed by atoms with E-state index in [1.165, 1.54) is 6.92 Å². The number of ether oxygens (including phenoxy) is 1. The van der Waals surface area contributed by atoms with Gasteiger partial charge in [-0.15, -0.1) is 0 Å². The Bertz CT molecular complexity index is 708. The Morgan fingerprint density at radius 2 is 1.95 bits per heavy atom. The molecule has 0 saturated heterocycles. The summed E-state index contributed by atoms with van der Waals surface area (Å²) in [6.07, 6.45) is -0.960. The van der Waals surface area contributed by atoms with E-state index in [0.717, 1.165) is 0 Å². The van der Waals surface area contributed by atoms with Gasteiger partial charge < -0.3 is 14.5 Å². The Morgan fingerprint density at radius 3 is 2.55 bits per heavy atom. The van der Waals surface area contributed by atoms with Crippen LogP contribution in [0, 0.1) is 13.8 Å². The third-order valence-electron chi connectivity index (χ3n) is 3.05. The van der Waals surface area contributed by atoms with E-state index in [9.17, 15) is 9.59 Å². The van der Waals surface area contributed by atoms with Crippen LogP contribution in [0.1, 0.15) is 28.8 Å². The number of rotatable bonds is 4. The molecular formula is C16H16ClNO4. The Hall–Kier alpha value is -2.27. The highest BCUT2D eigenvalue weighted by atomic mass is 35.5. The van der Waals surface area contributed by atoms with Crippen molar-refractivity contribution in [2.45, 2.75) is 26.9 Å². The minimum atomic E-state index is -0.960. The summed E-state index contributed by atoms with van der Waals surface area (Å²) in [4.78, 5) is 24.1. The van der Waals surface area contributed by atoms with Crippen molar-refractivity contribution in [1.82, 2.24) is 0 Å². The fraction of sp³-hybridized carbons (Fsp3) is 0.250. The van der Waals surface area contributed by atoms with E-state index < -0.39 is 18.0 Å². The lowest BCUT2D eigenvalue weighted by molar-refractivity contribution is -0.123. The van der Waals surface area contributed by atoms with Crippen molar-refractivity contribution in [2.24, 2.45) is 0 Å². The molecule has 5 nitrogen and oxygen atoms in total. The summed E-state index contributed by atoms with van der Waals surface area (Å²) in [6, 6.07) is 8.40. The fourth-order valence-electron chi connectivity index (χ4n) is 1.91. The fourth-order valence-corrected chi connectivity index (χ4v) is 2.09. The molecule has 6 heteroatoms. The maximum Gasteiger partial charge on any atom is 0.342 e. The SMILES string of the molecule is Cc1cc(C(=O)OC(C)C(=O)Nc2ccccc2Cl)c(C)o1. The predicted octanol–water partition coefficient (Wildman–Crippen LogP) is 3.73. The highest BCUT2D eigenvalue weighted by molar-refractivity contribution is 6.33. The van der Waals surface area contributed by atoms with Crippen molar-refractivity contribution in [2.75, 3.05) is 5.32 Å². The number of carbonyl (C=O) groups excluding carboxylic acids is 2. The first-order valence-corrected chi connectivity index (χ1v) is 7.09. The normalized spacial score (nSPS) is 11.8. The summed E-state index contributed by atoms with van der Waals surface area (Å²) in [5.74, 6) is 0.00862. The zero-order valence-corrected chi connectivity index (χ0v) is 13.2. The van der Waals surface area contributed by atoms with Crippen molar-refractivity contribution in [3.05, 3.63) is 52.4 Å². The highest BCUT2D eigenvalue weighted by Gasteiger charge is 2.22. The Balaban J connectivity index is 2.01. The van der Waals surface area contributed by atoms with E-state index in [-0.39, 0.29) is 0 Å². The van der Waals surface area contributed by atoms with Crippen molar-refractivity contribution in [1.29, 1.82) is 0 Å². The number of furan rings is 1. The topological polar surface area (TPSA) is 68.5 Å². The standard InChI is InChI=1S/C16H16ClNO4/c1-9-8-12(10(2)21-9)16(20)22-11(3)15(19)18-14-7-5-4-6-13(14)17/h4-8,11H,1-3H3,(H,18,19). The van der Waals surface area contributed by atoms with Crippen LogP contribution < -0.4 is 5.32 Å². The van der Waals surface area contributed by atoms with E-state index >= 15 is 0 Å². The summed E-state index contributed by atoms with van der Waals surface area (Å²) in [5, 5.41) is 3.03. The second-order valence-electron chi connectivity index (χ2n) is 4.84. The zero-order valence-electron chi connectivity index (χ0n) is 12.5. The van der Waals surface area contributed by atoms with Crippen LogP contribution in [0.15, 0.2) is 34.7 Å². The van der Waals surface area contributed by atoms with Crippen molar-refractivity contribution in [3.8, 4) is 0 Å². The van der Waals surface area contributed by atoms with Crippen LogP contribution in [0.4, 0.5) is 5.69 Å². The average molecular weight is 322 g/mol. The molecule has 0 aliphatic heterocycles. The minimum Gasteiger partial charge on any atom is -0.466 e. The van der Waals surface area contributed by atoms with Gasteiger partial charge in [0.25, 0.3) is 5.91 Å². The number of nitrogens with one attached hydrogen (secondary N) is 1. The second kappa shape index (κ2) is 6.66. The van der Waals surface area contributed by atoms with Gasteiger partial charge >= 0.3 is 5.97 Å². The maximum atomic E-state index is 12.1. The number of para-hydroxylation sites is 1. The number of hydrogen-bond donors (Lipinski definition) is 1. The van der Waals surface area contributed by atoms with Crippen molar-refractivity contribution >= 4 is 29.2 Å². The molecule has 0 aliphatic carbocycles. The molecule has 1 aromatic heterocycles. The number of carbonyl (C=O) groups is 2.